The SMILES string of the molecule is CN1CCc2scnc2C1C(F)F. The van der Waals surface area contributed by atoms with Gasteiger partial charge in [-0.3, -0.25) is 4.90 Å². The third kappa shape index (κ3) is 1.46. The number of halogens is 2. The van der Waals surface area contributed by atoms with Crippen molar-refractivity contribution >= 4 is 11.3 Å². The van der Waals surface area contributed by atoms with Gasteiger partial charge >= 0.3 is 0 Å². The summed E-state index contributed by atoms with van der Waals surface area (Å²) in [7, 11) is 1.72. The van der Waals surface area contributed by atoms with Crippen molar-refractivity contribution < 1.29 is 8.78 Å². The van der Waals surface area contributed by atoms with Crippen LogP contribution in [-0.2, 0) is 6.42 Å². The standard InChI is InChI=1S/C8H10F2N2S/c1-12-3-2-5-6(11-4-13-5)7(12)8(9)10/h4,7-8H,2-3H2,1H3. The largest absolute Gasteiger partial charge is 0.293 e. The molecule has 0 N–H and O–H groups in total. The van der Waals surface area contributed by atoms with Crippen molar-refractivity contribution in [3.8, 4) is 0 Å². The summed E-state index contributed by atoms with van der Waals surface area (Å²) in [5.74, 6) is 0. The zero-order valence-electron chi connectivity index (χ0n) is 7.20. The van der Waals surface area contributed by atoms with Crippen LogP contribution in [0.25, 0.3) is 0 Å². The Labute approximate surface area is 79.2 Å². The Morgan fingerprint density at radius 1 is 1.69 bits per heavy atom. The Kier molecular flexibility index (Phi) is 2.29. The molecule has 0 aromatic carbocycles. The summed E-state index contributed by atoms with van der Waals surface area (Å²) in [4.78, 5) is 6.70. The number of thiazole rings is 1. The van der Waals surface area contributed by atoms with Crippen molar-refractivity contribution in [3.63, 3.8) is 0 Å². The smallest absolute Gasteiger partial charge is 0.259 e. The van der Waals surface area contributed by atoms with Crippen LogP contribution in [0.4, 0.5) is 8.78 Å². The highest BCUT2D eigenvalue weighted by atomic mass is 32.1. The van der Waals surface area contributed by atoms with Crippen molar-refractivity contribution in [2.24, 2.45) is 0 Å². The van der Waals surface area contributed by atoms with E-state index in [2.05, 4.69) is 4.98 Å². The maximum atomic E-state index is 12.7. The molecule has 2 rings (SSSR count). The number of rotatable bonds is 1. The Morgan fingerprint density at radius 2 is 2.46 bits per heavy atom. The predicted octanol–water partition coefficient (Wildman–Crippen LogP) is 1.94. The molecule has 0 bridgehead atoms. The van der Waals surface area contributed by atoms with E-state index in [1.54, 1.807) is 17.5 Å². The molecule has 0 radical (unpaired) electrons. The first kappa shape index (κ1) is 9.02. The number of nitrogens with zero attached hydrogens (tertiary/aromatic N) is 2. The molecule has 2 nitrogen and oxygen atoms in total. The Hall–Kier alpha value is -0.550. The average molecular weight is 204 g/mol. The lowest BCUT2D eigenvalue weighted by Crippen LogP contribution is -2.35. The Bertz CT molecular complexity index is 300. The van der Waals surface area contributed by atoms with E-state index in [0.717, 1.165) is 11.3 Å². The number of hydrogen-bond acceptors (Lipinski definition) is 3. The van der Waals surface area contributed by atoms with Crippen LogP contribution in [0.5, 0.6) is 0 Å². The summed E-state index contributed by atoms with van der Waals surface area (Å²) in [5.41, 5.74) is 2.23. The van der Waals surface area contributed by atoms with E-state index >= 15 is 0 Å². The monoisotopic (exact) mass is 204 g/mol. The minimum Gasteiger partial charge on any atom is -0.293 e. The minimum absolute atomic E-state index is 0.578. The molecule has 0 saturated heterocycles. The first-order chi connectivity index (χ1) is 6.20. The van der Waals surface area contributed by atoms with Gasteiger partial charge in [0.2, 0.25) is 0 Å². The summed E-state index contributed by atoms with van der Waals surface area (Å²) in [6.07, 6.45) is -1.49. The topological polar surface area (TPSA) is 16.1 Å². The van der Waals surface area contributed by atoms with Gasteiger partial charge in [0.05, 0.1) is 11.2 Å². The zero-order valence-corrected chi connectivity index (χ0v) is 8.02. The van der Waals surface area contributed by atoms with Crippen molar-refractivity contribution in [2.75, 3.05) is 13.6 Å². The minimum atomic E-state index is -2.34. The number of likely N-dealkylation sites (N-methyl/N-ethyl adjacent to an activating group) is 1. The van der Waals surface area contributed by atoms with Crippen molar-refractivity contribution in [3.05, 3.63) is 16.1 Å². The summed E-state index contributed by atoms with van der Waals surface area (Å²) < 4.78 is 25.3. The molecular formula is C8H10F2N2S. The van der Waals surface area contributed by atoms with Gasteiger partial charge in [0.15, 0.2) is 0 Å². The average Bonchev–Trinajstić information content (AvgIpc) is 2.50. The Morgan fingerprint density at radius 3 is 3.15 bits per heavy atom. The second-order valence-electron chi connectivity index (χ2n) is 3.17. The molecule has 13 heavy (non-hydrogen) atoms. The lowest BCUT2D eigenvalue weighted by Gasteiger charge is -2.30. The molecule has 1 atom stereocenters. The maximum Gasteiger partial charge on any atom is 0.259 e. The zero-order chi connectivity index (χ0) is 9.42. The highest BCUT2D eigenvalue weighted by molar-refractivity contribution is 7.09. The fourth-order valence-electron chi connectivity index (χ4n) is 1.64. The fraction of sp³-hybridized carbons (Fsp3) is 0.625. The van der Waals surface area contributed by atoms with Crippen molar-refractivity contribution in [1.29, 1.82) is 0 Å². The molecule has 0 amide bonds. The number of alkyl halides is 2. The molecule has 1 unspecified atom stereocenters. The van der Waals surface area contributed by atoms with E-state index in [9.17, 15) is 8.78 Å². The normalized spacial score (nSPS) is 23.5. The third-order valence-electron chi connectivity index (χ3n) is 2.36. The summed E-state index contributed by atoms with van der Waals surface area (Å²) in [6.45, 7) is 0.699. The quantitative estimate of drug-likeness (QED) is 0.695. The van der Waals surface area contributed by atoms with Gasteiger partial charge in [0.25, 0.3) is 6.43 Å². The van der Waals surface area contributed by atoms with Crippen LogP contribution < -0.4 is 0 Å². The van der Waals surface area contributed by atoms with Gasteiger partial charge in [-0.25, -0.2) is 13.8 Å². The van der Waals surface area contributed by atoms with Crippen LogP contribution in [0.15, 0.2) is 5.51 Å². The molecule has 1 aromatic rings. The molecular weight excluding hydrogens is 194 g/mol. The molecule has 1 aliphatic heterocycles. The summed E-state index contributed by atoms with van der Waals surface area (Å²) >= 11 is 1.48. The van der Waals surface area contributed by atoms with Crippen molar-refractivity contribution in [2.45, 2.75) is 18.9 Å². The van der Waals surface area contributed by atoms with Crippen LogP contribution in [0.2, 0.25) is 0 Å². The van der Waals surface area contributed by atoms with Crippen LogP contribution in [0, 0.1) is 0 Å². The van der Waals surface area contributed by atoms with Gasteiger partial charge in [-0.05, 0) is 13.5 Å². The molecule has 5 heteroatoms. The molecule has 0 fully saturated rings. The van der Waals surface area contributed by atoms with E-state index in [-0.39, 0.29) is 0 Å². The van der Waals surface area contributed by atoms with Crippen LogP contribution >= 0.6 is 11.3 Å². The lowest BCUT2D eigenvalue weighted by molar-refractivity contribution is 0.0299. The van der Waals surface area contributed by atoms with Gasteiger partial charge in [-0.1, -0.05) is 0 Å². The van der Waals surface area contributed by atoms with E-state index in [0.29, 0.717) is 12.2 Å². The van der Waals surface area contributed by atoms with E-state index in [4.69, 9.17) is 0 Å². The first-order valence-corrected chi connectivity index (χ1v) is 4.98. The molecule has 0 aliphatic carbocycles. The molecule has 0 saturated carbocycles. The van der Waals surface area contributed by atoms with Crippen LogP contribution in [0.1, 0.15) is 16.6 Å². The highest BCUT2D eigenvalue weighted by Gasteiger charge is 2.33. The third-order valence-corrected chi connectivity index (χ3v) is 3.27. The number of hydrogen-bond donors (Lipinski definition) is 0. The Balaban J connectivity index is 2.36. The van der Waals surface area contributed by atoms with Gasteiger partial charge < -0.3 is 0 Å². The van der Waals surface area contributed by atoms with Gasteiger partial charge in [0, 0.05) is 11.4 Å². The first-order valence-electron chi connectivity index (χ1n) is 4.11. The van der Waals surface area contributed by atoms with E-state index < -0.39 is 12.5 Å². The number of fused-ring (bicyclic) bond motifs is 1. The van der Waals surface area contributed by atoms with Gasteiger partial charge in [-0.15, -0.1) is 11.3 Å². The predicted molar refractivity (Wildman–Crippen MR) is 47.2 cm³/mol. The number of aromatic nitrogens is 1. The van der Waals surface area contributed by atoms with Gasteiger partial charge in [-0.2, -0.15) is 0 Å². The second kappa shape index (κ2) is 3.31. The molecule has 2 heterocycles. The molecule has 1 aromatic heterocycles. The molecule has 1 aliphatic rings. The van der Waals surface area contributed by atoms with E-state index in [1.807, 2.05) is 0 Å². The second-order valence-corrected chi connectivity index (χ2v) is 4.11. The summed E-state index contributed by atoms with van der Waals surface area (Å²) in [6, 6.07) is -0.796. The highest BCUT2D eigenvalue weighted by Crippen LogP contribution is 2.33. The van der Waals surface area contributed by atoms with E-state index in [1.165, 1.54) is 11.3 Å². The molecule has 72 valence electrons. The van der Waals surface area contributed by atoms with Gasteiger partial charge in [0.1, 0.15) is 6.04 Å². The molecule has 0 spiro atoms. The van der Waals surface area contributed by atoms with Crippen LogP contribution in [-0.4, -0.2) is 29.9 Å². The van der Waals surface area contributed by atoms with Crippen molar-refractivity contribution in [1.82, 2.24) is 9.88 Å². The maximum absolute atomic E-state index is 12.7. The fourth-order valence-corrected chi connectivity index (χ4v) is 2.44. The lowest BCUT2D eigenvalue weighted by atomic mass is 10.1. The van der Waals surface area contributed by atoms with Crippen LogP contribution in [0.3, 0.4) is 0 Å². The summed E-state index contributed by atoms with van der Waals surface area (Å²) in [5, 5.41) is 0.